The van der Waals surface area contributed by atoms with Gasteiger partial charge in [-0.1, -0.05) is 0 Å². The maximum absolute atomic E-state index is 8.79. The summed E-state index contributed by atoms with van der Waals surface area (Å²) in [5, 5.41) is 17.6. The quantitative estimate of drug-likeness (QED) is 0.786. The highest BCUT2D eigenvalue weighted by Crippen LogP contribution is 2.18. The van der Waals surface area contributed by atoms with Crippen LogP contribution in [0.2, 0.25) is 0 Å². The number of nitrogens with zero attached hydrogens (tertiary/aromatic N) is 3. The van der Waals surface area contributed by atoms with E-state index in [1.54, 1.807) is 13.2 Å². The Labute approximate surface area is 111 Å². The minimum absolute atomic E-state index is 0.0773. The average Bonchev–Trinajstić information content (AvgIpc) is 2.93. The highest BCUT2D eigenvalue weighted by Gasteiger charge is 2.03. The van der Waals surface area contributed by atoms with Gasteiger partial charge in [-0.2, -0.15) is 10.5 Å². The van der Waals surface area contributed by atoms with Crippen LogP contribution in [0.25, 0.3) is 11.8 Å². The van der Waals surface area contributed by atoms with Gasteiger partial charge in [-0.3, -0.25) is 0 Å². The maximum atomic E-state index is 8.79. The van der Waals surface area contributed by atoms with E-state index in [0.717, 1.165) is 17.1 Å². The smallest absolute Gasteiger partial charge is 0.131 e. The van der Waals surface area contributed by atoms with Crippen LogP contribution in [-0.4, -0.2) is 11.7 Å². The highest BCUT2D eigenvalue weighted by atomic mass is 16.5. The molecule has 2 rings (SSSR count). The third kappa shape index (κ3) is 2.65. The molecule has 0 saturated heterocycles. The molecule has 0 aliphatic heterocycles. The fourth-order valence-electron chi connectivity index (χ4n) is 1.73. The summed E-state index contributed by atoms with van der Waals surface area (Å²) in [6.45, 7) is 0. The monoisotopic (exact) mass is 249 g/mol. The third-order valence-electron chi connectivity index (χ3n) is 2.66. The van der Waals surface area contributed by atoms with Gasteiger partial charge in [0.1, 0.15) is 23.5 Å². The molecule has 0 aliphatic rings. The van der Waals surface area contributed by atoms with Crippen molar-refractivity contribution in [3.05, 3.63) is 53.9 Å². The van der Waals surface area contributed by atoms with Crippen molar-refractivity contribution in [2.24, 2.45) is 0 Å². The zero-order valence-corrected chi connectivity index (χ0v) is 10.4. The molecule has 0 N–H and O–H groups in total. The van der Waals surface area contributed by atoms with Gasteiger partial charge in [-0.05, 0) is 42.5 Å². The Morgan fingerprint density at radius 3 is 2.42 bits per heavy atom. The minimum Gasteiger partial charge on any atom is -0.497 e. The van der Waals surface area contributed by atoms with E-state index in [1.165, 1.54) is 0 Å². The first kappa shape index (κ1) is 12.5. The second-order valence-corrected chi connectivity index (χ2v) is 3.78. The highest BCUT2D eigenvalue weighted by molar-refractivity contribution is 5.61. The molecule has 92 valence electrons. The first-order chi connectivity index (χ1) is 9.28. The van der Waals surface area contributed by atoms with Crippen LogP contribution in [0.3, 0.4) is 0 Å². The van der Waals surface area contributed by atoms with Crippen molar-refractivity contribution >= 4 is 6.08 Å². The molecule has 0 radical (unpaired) electrons. The van der Waals surface area contributed by atoms with E-state index >= 15 is 0 Å². The van der Waals surface area contributed by atoms with E-state index in [-0.39, 0.29) is 5.57 Å². The van der Waals surface area contributed by atoms with Crippen LogP contribution in [0.4, 0.5) is 0 Å². The van der Waals surface area contributed by atoms with Crippen LogP contribution >= 0.6 is 0 Å². The van der Waals surface area contributed by atoms with Crippen molar-refractivity contribution < 1.29 is 4.74 Å². The van der Waals surface area contributed by atoms with Crippen molar-refractivity contribution in [3.8, 4) is 23.6 Å². The van der Waals surface area contributed by atoms with Gasteiger partial charge in [-0.25, -0.2) is 0 Å². The molecule has 0 unspecified atom stereocenters. The van der Waals surface area contributed by atoms with E-state index < -0.39 is 0 Å². The van der Waals surface area contributed by atoms with Gasteiger partial charge < -0.3 is 9.30 Å². The summed E-state index contributed by atoms with van der Waals surface area (Å²) in [7, 11) is 1.62. The largest absolute Gasteiger partial charge is 0.497 e. The zero-order valence-electron chi connectivity index (χ0n) is 10.4. The van der Waals surface area contributed by atoms with Crippen LogP contribution in [0.1, 0.15) is 5.69 Å². The standard InChI is InChI=1S/C15H11N3O/c1-19-15-6-4-13(5-7-15)18-8-2-3-14(18)9-12(10-16)11-17/h2-9H,1H3. The summed E-state index contributed by atoms with van der Waals surface area (Å²) in [5.74, 6) is 0.780. The lowest BCUT2D eigenvalue weighted by molar-refractivity contribution is 0.414. The Hall–Kier alpha value is -2.98. The predicted octanol–water partition coefficient (Wildman–Crippen LogP) is 2.92. The lowest BCUT2D eigenvalue weighted by atomic mass is 10.2. The molecule has 0 bridgehead atoms. The van der Waals surface area contributed by atoms with E-state index in [4.69, 9.17) is 15.3 Å². The second-order valence-electron chi connectivity index (χ2n) is 3.78. The number of ether oxygens (including phenoxy) is 1. The molecule has 4 heteroatoms. The maximum Gasteiger partial charge on any atom is 0.131 e. The molecule has 1 aromatic heterocycles. The van der Waals surface area contributed by atoms with Crippen LogP contribution in [0.15, 0.2) is 48.2 Å². The molecule has 2 aromatic rings. The van der Waals surface area contributed by atoms with E-state index in [9.17, 15) is 0 Å². The molecule has 0 saturated carbocycles. The Balaban J connectivity index is 2.42. The zero-order chi connectivity index (χ0) is 13.7. The lowest BCUT2D eigenvalue weighted by Gasteiger charge is -2.07. The number of methoxy groups -OCH3 is 1. The summed E-state index contributed by atoms with van der Waals surface area (Å²) >= 11 is 0. The summed E-state index contributed by atoms with van der Waals surface area (Å²) in [6.07, 6.45) is 3.43. The number of benzene rings is 1. The topological polar surface area (TPSA) is 61.7 Å². The molecule has 0 spiro atoms. The minimum atomic E-state index is 0.0773. The molecule has 0 fully saturated rings. The Morgan fingerprint density at radius 1 is 1.16 bits per heavy atom. The molecule has 0 atom stereocenters. The van der Waals surface area contributed by atoms with Crippen LogP contribution in [0, 0.1) is 22.7 Å². The summed E-state index contributed by atoms with van der Waals surface area (Å²) < 4.78 is 7.01. The number of allylic oxidation sites excluding steroid dienone is 1. The molecule has 1 heterocycles. The van der Waals surface area contributed by atoms with Gasteiger partial charge in [0.15, 0.2) is 0 Å². The summed E-state index contributed by atoms with van der Waals surface area (Å²) in [4.78, 5) is 0. The van der Waals surface area contributed by atoms with Gasteiger partial charge in [0.25, 0.3) is 0 Å². The molecule has 0 aliphatic carbocycles. The molecular weight excluding hydrogens is 238 g/mol. The van der Waals surface area contributed by atoms with Gasteiger partial charge in [0, 0.05) is 17.6 Å². The Morgan fingerprint density at radius 2 is 1.84 bits per heavy atom. The Kier molecular flexibility index (Phi) is 3.66. The van der Waals surface area contributed by atoms with Crippen molar-refractivity contribution in [1.82, 2.24) is 4.57 Å². The first-order valence-electron chi connectivity index (χ1n) is 5.62. The number of rotatable bonds is 3. The van der Waals surface area contributed by atoms with E-state index in [0.29, 0.717) is 0 Å². The van der Waals surface area contributed by atoms with Crippen LogP contribution < -0.4 is 4.74 Å². The number of hydrogen-bond donors (Lipinski definition) is 0. The van der Waals surface area contributed by atoms with Gasteiger partial charge in [0.2, 0.25) is 0 Å². The lowest BCUT2D eigenvalue weighted by Crippen LogP contribution is -1.95. The van der Waals surface area contributed by atoms with Crippen LogP contribution in [-0.2, 0) is 0 Å². The second kappa shape index (κ2) is 5.57. The summed E-state index contributed by atoms with van der Waals surface area (Å²) in [6, 6.07) is 15.0. The van der Waals surface area contributed by atoms with E-state index in [1.807, 2.05) is 59.3 Å². The summed E-state index contributed by atoms with van der Waals surface area (Å²) in [5.41, 5.74) is 1.80. The van der Waals surface area contributed by atoms with Crippen molar-refractivity contribution in [2.45, 2.75) is 0 Å². The number of hydrogen-bond acceptors (Lipinski definition) is 3. The van der Waals surface area contributed by atoms with Gasteiger partial charge >= 0.3 is 0 Å². The molecular formula is C15H11N3O. The fraction of sp³-hybridized carbons (Fsp3) is 0.0667. The van der Waals surface area contributed by atoms with Crippen molar-refractivity contribution in [3.63, 3.8) is 0 Å². The van der Waals surface area contributed by atoms with Crippen LogP contribution in [0.5, 0.6) is 5.75 Å². The predicted molar refractivity (Wildman–Crippen MR) is 71.5 cm³/mol. The van der Waals surface area contributed by atoms with Gasteiger partial charge in [-0.15, -0.1) is 0 Å². The van der Waals surface area contributed by atoms with Crippen molar-refractivity contribution in [1.29, 1.82) is 10.5 Å². The fourth-order valence-corrected chi connectivity index (χ4v) is 1.73. The average molecular weight is 249 g/mol. The first-order valence-corrected chi connectivity index (χ1v) is 5.62. The SMILES string of the molecule is COc1ccc(-n2cccc2C=C(C#N)C#N)cc1. The Bertz CT molecular complexity index is 665. The number of aromatic nitrogens is 1. The number of nitriles is 2. The van der Waals surface area contributed by atoms with E-state index in [2.05, 4.69) is 0 Å². The van der Waals surface area contributed by atoms with Crippen molar-refractivity contribution in [2.75, 3.05) is 7.11 Å². The molecule has 4 nitrogen and oxygen atoms in total. The third-order valence-corrected chi connectivity index (χ3v) is 2.66. The normalized spacial score (nSPS) is 9.21. The van der Waals surface area contributed by atoms with Gasteiger partial charge in [0.05, 0.1) is 7.11 Å². The molecule has 1 aromatic carbocycles. The molecule has 0 amide bonds. The molecule has 19 heavy (non-hydrogen) atoms.